The van der Waals surface area contributed by atoms with Gasteiger partial charge in [0.15, 0.2) is 18.1 Å². The third-order valence-electron chi connectivity index (χ3n) is 3.43. The molecule has 2 aromatic rings. The van der Waals surface area contributed by atoms with Gasteiger partial charge in [-0.25, -0.2) is 0 Å². The number of ether oxygens (including phenoxy) is 3. The molecule has 0 saturated heterocycles. The molecule has 0 atom stereocenters. The quantitative estimate of drug-likeness (QED) is 0.718. The molecule has 2 amide bonds. The van der Waals surface area contributed by atoms with Crippen molar-refractivity contribution in [2.75, 3.05) is 25.6 Å². The summed E-state index contributed by atoms with van der Waals surface area (Å²) in [5.74, 6) is -0.0386. The largest absolute Gasteiger partial charge is 0.493 e. The molecule has 7 heteroatoms. The minimum absolute atomic E-state index is 0.133. The Morgan fingerprint density at radius 2 is 1.77 bits per heavy atom. The SMILES string of the molecule is CCCOc1ccccc1NC(=O)COc1c(OC)cccc1C(N)=O. The Balaban J connectivity index is 2.08. The molecular formula is C19H22N2O5. The van der Waals surface area contributed by atoms with Crippen molar-refractivity contribution >= 4 is 17.5 Å². The maximum Gasteiger partial charge on any atom is 0.262 e. The van der Waals surface area contributed by atoms with Crippen molar-refractivity contribution in [3.63, 3.8) is 0 Å². The van der Waals surface area contributed by atoms with E-state index in [1.54, 1.807) is 30.3 Å². The average molecular weight is 358 g/mol. The van der Waals surface area contributed by atoms with Crippen LogP contribution in [-0.2, 0) is 4.79 Å². The highest BCUT2D eigenvalue weighted by Crippen LogP contribution is 2.31. The highest BCUT2D eigenvalue weighted by molar-refractivity contribution is 5.97. The lowest BCUT2D eigenvalue weighted by atomic mass is 10.2. The van der Waals surface area contributed by atoms with Crippen LogP contribution in [0.2, 0.25) is 0 Å². The van der Waals surface area contributed by atoms with Gasteiger partial charge in [0, 0.05) is 0 Å². The molecule has 0 saturated carbocycles. The molecule has 0 radical (unpaired) electrons. The fourth-order valence-electron chi connectivity index (χ4n) is 2.25. The van der Waals surface area contributed by atoms with Crippen molar-refractivity contribution in [3.05, 3.63) is 48.0 Å². The lowest BCUT2D eigenvalue weighted by molar-refractivity contribution is -0.118. The standard InChI is InChI=1S/C19H22N2O5/c1-3-11-25-15-9-5-4-8-14(15)21-17(22)12-26-18-13(19(20)23)7-6-10-16(18)24-2/h4-10H,3,11-12H2,1-2H3,(H2,20,23)(H,21,22). The van der Waals surface area contributed by atoms with E-state index in [4.69, 9.17) is 19.9 Å². The van der Waals surface area contributed by atoms with Crippen LogP contribution in [0.25, 0.3) is 0 Å². The number of hydrogen-bond acceptors (Lipinski definition) is 5. The van der Waals surface area contributed by atoms with Crippen LogP contribution in [0, 0.1) is 0 Å². The van der Waals surface area contributed by atoms with E-state index in [1.165, 1.54) is 13.2 Å². The van der Waals surface area contributed by atoms with Gasteiger partial charge in [-0.1, -0.05) is 25.1 Å². The number of anilines is 1. The van der Waals surface area contributed by atoms with Crippen LogP contribution in [0.1, 0.15) is 23.7 Å². The number of primary amides is 1. The van der Waals surface area contributed by atoms with Crippen molar-refractivity contribution in [3.8, 4) is 17.2 Å². The molecule has 26 heavy (non-hydrogen) atoms. The second-order valence-corrected chi connectivity index (χ2v) is 5.38. The Labute approximate surface area is 152 Å². The Morgan fingerprint density at radius 3 is 2.46 bits per heavy atom. The van der Waals surface area contributed by atoms with E-state index in [0.29, 0.717) is 23.8 Å². The second-order valence-electron chi connectivity index (χ2n) is 5.38. The molecule has 7 nitrogen and oxygen atoms in total. The topological polar surface area (TPSA) is 99.9 Å². The van der Waals surface area contributed by atoms with E-state index >= 15 is 0 Å². The van der Waals surface area contributed by atoms with Gasteiger partial charge >= 0.3 is 0 Å². The molecule has 0 spiro atoms. The van der Waals surface area contributed by atoms with E-state index in [9.17, 15) is 9.59 Å². The van der Waals surface area contributed by atoms with Crippen molar-refractivity contribution in [1.82, 2.24) is 0 Å². The number of carbonyl (C=O) groups is 2. The molecule has 0 aliphatic carbocycles. The van der Waals surface area contributed by atoms with E-state index < -0.39 is 11.8 Å². The number of methoxy groups -OCH3 is 1. The summed E-state index contributed by atoms with van der Waals surface area (Å²) in [6.45, 7) is 2.23. The third-order valence-corrected chi connectivity index (χ3v) is 3.43. The molecule has 0 bridgehead atoms. The molecule has 2 rings (SSSR count). The first-order valence-corrected chi connectivity index (χ1v) is 8.18. The summed E-state index contributed by atoms with van der Waals surface area (Å²) in [6.07, 6.45) is 0.856. The Bertz CT molecular complexity index is 776. The molecule has 3 N–H and O–H groups in total. The number of para-hydroxylation sites is 3. The predicted octanol–water partition coefficient (Wildman–Crippen LogP) is 2.60. The van der Waals surface area contributed by atoms with Crippen LogP contribution in [0.5, 0.6) is 17.2 Å². The summed E-state index contributed by atoms with van der Waals surface area (Å²) in [5, 5.41) is 2.73. The number of hydrogen-bond donors (Lipinski definition) is 2. The van der Waals surface area contributed by atoms with Crippen LogP contribution in [0.15, 0.2) is 42.5 Å². The molecule has 0 heterocycles. The number of benzene rings is 2. The number of nitrogens with one attached hydrogen (secondary N) is 1. The summed E-state index contributed by atoms with van der Waals surface area (Å²) < 4.78 is 16.3. The fourth-order valence-corrected chi connectivity index (χ4v) is 2.25. The van der Waals surface area contributed by atoms with Crippen molar-refractivity contribution in [1.29, 1.82) is 0 Å². The van der Waals surface area contributed by atoms with Crippen LogP contribution in [0.4, 0.5) is 5.69 Å². The summed E-state index contributed by atoms with van der Waals surface area (Å²) in [7, 11) is 1.44. The summed E-state index contributed by atoms with van der Waals surface area (Å²) in [6, 6.07) is 11.9. The van der Waals surface area contributed by atoms with Gasteiger partial charge in [0.25, 0.3) is 11.8 Å². The molecule has 0 aromatic heterocycles. The summed E-state index contributed by atoms with van der Waals surface area (Å²) in [5.41, 5.74) is 6.03. The van der Waals surface area contributed by atoms with Crippen LogP contribution in [-0.4, -0.2) is 32.1 Å². The second kappa shape index (κ2) is 9.31. The molecule has 0 aliphatic heterocycles. The zero-order valence-corrected chi connectivity index (χ0v) is 14.8. The van der Waals surface area contributed by atoms with Crippen molar-refractivity contribution in [2.24, 2.45) is 5.73 Å². The summed E-state index contributed by atoms with van der Waals surface area (Å²) in [4.78, 5) is 23.8. The molecule has 0 aliphatic rings. The average Bonchev–Trinajstić information content (AvgIpc) is 2.65. The van der Waals surface area contributed by atoms with Gasteiger partial charge in [-0.2, -0.15) is 0 Å². The van der Waals surface area contributed by atoms with Crippen LogP contribution >= 0.6 is 0 Å². The van der Waals surface area contributed by atoms with Gasteiger partial charge < -0.3 is 25.3 Å². The highest BCUT2D eigenvalue weighted by Gasteiger charge is 2.16. The normalized spacial score (nSPS) is 10.1. The molecule has 2 aromatic carbocycles. The van der Waals surface area contributed by atoms with E-state index in [-0.39, 0.29) is 17.9 Å². The van der Waals surface area contributed by atoms with Gasteiger partial charge in [0.05, 0.1) is 25.0 Å². The lowest BCUT2D eigenvalue weighted by Gasteiger charge is -2.14. The first kappa shape index (κ1) is 19.1. The minimum atomic E-state index is -0.669. The number of rotatable bonds is 9. The Kier molecular flexibility index (Phi) is 6.84. The number of nitrogens with two attached hydrogens (primary N) is 1. The zero-order chi connectivity index (χ0) is 18.9. The minimum Gasteiger partial charge on any atom is -0.493 e. The van der Waals surface area contributed by atoms with Gasteiger partial charge in [-0.3, -0.25) is 9.59 Å². The molecular weight excluding hydrogens is 336 g/mol. The third kappa shape index (κ3) is 4.89. The highest BCUT2D eigenvalue weighted by atomic mass is 16.5. The first-order valence-electron chi connectivity index (χ1n) is 8.18. The van der Waals surface area contributed by atoms with Crippen molar-refractivity contribution in [2.45, 2.75) is 13.3 Å². The van der Waals surface area contributed by atoms with Crippen LogP contribution in [0.3, 0.4) is 0 Å². The van der Waals surface area contributed by atoms with E-state index in [0.717, 1.165) is 6.42 Å². The number of amides is 2. The van der Waals surface area contributed by atoms with Gasteiger partial charge in [0.2, 0.25) is 0 Å². The Hall–Kier alpha value is -3.22. The molecule has 138 valence electrons. The summed E-state index contributed by atoms with van der Waals surface area (Å²) >= 11 is 0. The monoisotopic (exact) mass is 358 g/mol. The number of carbonyl (C=O) groups excluding carboxylic acids is 2. The lowest BCUT2D eigenvalue weighted by Crippen LogP contribution is -2.22. The van der Waals surface area contributed by atoms with Crippen LogP contribution < -0.4 is 25.3 Å². The first-order chi connectivity index (χ1) is 12.6. The molecule has 0 fully saturated rings. The Morgan fingerprint density at radius 1 is 1.04 bits per heavy atom. The predicted molar refractivity (Wildman–Crippen MR) is 97.9 cm³/mol. The van der Waals surface area contributed by atoms with E-state index in [2.05, 4.69) is 5.32 Å². The zero-order valence-electron chi connectivity index (χ0n) is 14.8. The maximum absolute atomic E-state index is 12.2. The maximum atomic E-state index is 12.2. The van der Waals surface area contributed by atoms with Gasteiger partial charge in [0.1, 0.15) is 5.75 Å². The van der Waals surface area contributed by atoms with Crippen molar-refractivity contribution < 1.29 is 23.8 Å². The van der Waals surface area contributed by atoms with Gasteiger partial charge in [-0.15, -0.1) is 0 Å². The molecule has 0 unspecified atom stereocenters. The van der Waals surface area contributed by atoms with E-state index in [1.807, 2.05) is 13.0 Å². The van der Waals surface area contributed by atoms with Gasteiger partial charge in [-0.05, 0) is 30.7 Å². The fraction of sp³-hybridized carbons (Fsp3) is 0.263. The smallest absolute Gasteiger partial charge is 0.262 e.